The van der Waals surface area contributed by atoms with Crippen molar-refractivity contribution in [1.29, 1.82) is 0 Å². The largest absolute Gasteiger partial charge is 0.341 e. The summed E-state index contributed by atoms with van der Waals surface area (Å²) in [5.41, 5.74) is 2.17. The number of thiophene rings is 1. The summed E-state index contributed by atoms with van der Waals surface area (Å²) < 4.78 is 1.19. The molecule has 1 amide bonds. The minimum atomic E-state index is -0.155. The van der Waals surface area contributed by atoms with Crippen LogP contribution in [0.15, 0.2) is 23.7 Å². The molecule has 0 saturated carbocycles. The van der Waals surface area contributed by atoms with Crippen LogP contribution in [0, 0.1) is 0 Å². The van der Waals surface area contributed by atoms with Crippen LogP contribution in [0.2, 0.25) is 0 Å². The lowest BCUT2D eigenvalue weighted by molar-refractivity contribution is -0.132. The number of aromatic nitrogens is 1. The monoisotopic (exact) mass is 303 g/mol. The van der Waals surface area contributed by atoms with Gasteiger partial charge in [-0.05, 0) is 49.8 Å². The van der Waals surface area contributed by atoms with Gasteiger partial charge in [-0.25, -0.2) is 0 Å². The van der Waals surface area contributed by atoms with Gasteiger partial charge < -0.3 is 4.90 Å². The van der Waals surface area contributed by atoms with Crippen molar-refractivity contribution in [3.05, 3.63) is 29.3 Å². The Morgan fingerprint density at radius 1 is 1.38 bits per heavy atom. The summed E-state index contributed by atoms with van der Waals surface area (Å²) in [7, 11) is 0. The predicted molar refractivity (Wildman–Crippen MR) is 86.4 cm³/mol. The lowest BCUT2D eigenvalue weighted by Crippen LogP contribution is -2.44. The zero-order valence-corrected chi connectivity index (χ0v) is 13.3. The van der Waals surface area contributed by atoms with Crippen molar-refractivity contribution in [3.63, 3.8) is 0 Å². The predicted octanol–water partition coefficient (Wildman–Crippen LogP) is 2.96. The number of fused-ring (bicyclic) bond motifs is 1. The number of likely N-dealkylation sites (tertiary alicyclic amines) is 1. The molecule has 0 aliphatic carbocycles. The van der Waals surface area contributed by atoms with Crippen LogP contribution in [0.25, 0.3) is 10.2 Å². The van der Waals surface area contributed by atoms with E-state index in [0.717, 1.165) is 37.0 Å². The summed E-state index contributed by atoms with van der Waals surface area (Å²) in [5.74, 6) is 0.213. The highest BCUT2D eigenvalue weighted by Gasteiger charge is 2.24. The van der Waals surface area contributed by atoms with Crippen molar-refractivity contribution in [2.75, 3.05) is 13.1 Å². The van der Waals surface area contributed by atoms with Crippen molar-refractivity contribution in [3.8, 4) is 0 Å². The summed E-state index contributed by atoms with van der Waals surface area (Å²) in [4.78, 5) is 18.8. The molecule has 2 unspecified atom stereocenters. The smallest absolute Gasteiger partial charge is 0.239 e. The molecule has 0 spiro atoms. The zero-order valence-electron chi connectivity index (χ0n) is 12.5. The molecule has 1 N–H and O–H groups in total. The average Bonchev–Trinajstić information content (AvgIpc) is 3.16. The third-order valence-electron chi connectivity index (χ3n) is 4.11. The van der Waals surface area contributed by atoms with E-state index in [1.807, 2.05) is 24.1 Å². The Balaban J connectivity index is 1.66. The maximum atomic E-state index is 12.3. The third kappa shape index (κ3) is 3.09. The van der Waals surface area contributed by atoms with Gasteiger partial charge in [0, 0.05) is 25.3 Å². The Morgan fingerprint density at radius 3 is 2.90 bits per heavy atom. The van der Waals surface area contributed by atoms with Crippen LogP contribution in [-0.4, -0.2) is 34.9 Å². The van der Waals surface area contributed by atoms with Gasteiger partial charge in [0.15, 0.2) is 0 Å². The molecule has 1 aliphatic heterocycles. The number of hydrogen-bond acceptors (Lipinski definition) is 4. The summed E-state index contributed by atoms with van der Waals surface area (Å²) >= 11 is 1.70. The van der Waals surface area contributed by atoms with E-state index in [1.54, 1.807) is 11.3 Å². The first-order chi connectivity index (χ1) is 10.1. The third-order valence-corrected chi connectivity index (χ3v) is 4.97. The summed E-state index contributed by atoms with van der Waals surface area (Å²) in [6.07, 6.45) is 4.17. The van der Waals surface area contributed by atoms with Gasteiger partial charge in [0.2, 0.25) is 5.91 Å². The quantitative estimate of drug-likeness (QED) is 0.944. The van der Waals surface area contributed by atoms with Crippen molar-refractivity contribution >= 4 is 27.5 Å². The molecule has 0 bridgehead atoms. The maximum Gasteiger partial charge on any atom is 0.239 e. The molecule has 2 aromatic heterocycles. The fourth-order valence-electron chi connectivity index (χ4n) is 2.85. The Kier molecular flexibility index (Phi) is 4.22. The fraction of sp³-hybridized carbons (Fsp3) is 0.500. The van der Waals surface area contributed by atoms with E-state index in [-0.39, 0.29) is 18.0 Å². The second-order valence-corrected chi connectivity index (χ2v) is 6.66. The Morgan fingerprint density at radius 2 is 2.14 bits per heavy atom. The second-order valence-electron chi connectivity index (χ2n) is 5.72. The molecule has 3 heterocycles. The number of nitrogens with one attached hydrogen (secondary N) is 1. The van der Waals surface area contributed by atoms with Crippen molar-refractivity contribution < 1.29 is 4.79 Å². The minimum Gasteiger partial charge on any atom is -0.341 e. The van der Waals surface area contributed by atoms with Crippen molar-refractivity contribution in [2.24, 2.45) is 0 Å². The summed E-state index contributed by atoms with van der Waals surface area (Å²) in [5, 5.41) is 5.46. The first-order valence-electron chi connectivity index (χ1n) is 7.53. The van der Waals surface area contributed by atoms with Crippen LogP contribution in [0.1, 0.15) is 38.3 Å². The van der Waals surface area contributed by atoms with E-state index < -0.39 is 0 Å². The van der Waals surface area contributed by atoms with E-state index in [1.165, 1.54) is 4.70 Å². The molecule has 0 aromatic carbocycles. The normalized spacial score (nSPS) is 18.1. The van der Waals surface area contributed by atoms with Crippen LogP contribution in [0.5, 0.6) is 0 Å². The van der Waals surface area contributed by atoms with Crippen molar-refractivity contribution in [1.82, 2.24) is 15.2 Å². The standard InChI is InChI=1S/C16H21N3OS/c1-11(13-9-15-14(17-10-13)5-8-21-15)18-12(2)16(20)19-6-3-4-7-19/h5,8-12,18H,3-4,6-7H2,1-2H3. The van der Waals surface area contributed by atoms with Crippen LogP contribution >= 0.6 is 11.3 Å². The Labute approximate surface area is 129 Å². The maximum absolute atomic E-state index is 12.3. The number of carbonyl (C=O) groups is 1. The summed E-state index contributed by atoms with van der Waals surface area (Å²) in [6, 6.07) is 4.15. The topological polar surface area (TPSA) is 45.2 Å². The van der Waals surface area contributed by atoms with Gasteiger partial charge in [0.05, 0.1) is 16.3 Å². The molecule has 21 heavy (non-hydrogen) atoms. The van der Waals surface area contributed by atoms with E-state index in [2.05, 4.69) is 28.7 Å². The minimum absolute atomic E-state index is 0.116. The van der Waals surface area contributed by atoms with Crippen LogP contribution in [0.4, 0.5) is 0 Å². The molecular weight excluding hydrogens is 282 g/mol. The lowest BCUT2D eigenvalue weighted by Gasteiger charge is -2.24. The van der Waals surface area contributed by atoms with Crippen LogP contribution < -0.4 is 5.32 Å². The van der Waals surface area contributed by atoms with Gasteiger partial charge in [-0.3, -0.25) is 15.1 Å². The zero-order chi connectivity index (χ0) is 14.8. The average molecular weight is 303 g/mol. The molecule has 4 nitrogen and oxygen atoms in total. The fourth-order valence-corrected chi connectivity index (χ4v) is 3.64. The molecule has 0 radical (unpaired) electrons. The molecule has 112 valence electrons. The van der Waals surface area contributed by atoms with Gasteiger partial charge in [-0.15, -0.1) is 11.3 Å². The molecule has 5 heteroatoms. The number of pyridine rings is 1. The molecule has 1 aliphatic rings. The van der Waals surface area contributed by atoms with E-state index in [0.29, 0.717) is 0 Å². The Bertz CT molecular complexity index is 633. The lowest BCUT2D eigenvalue weighted by atomic mass is 10.1. The number of amides is 1. The highest BCUT2D eigenvalue weighted by molar-refractivity contribution is 7.17. The van der Waals surface area contributed by atoms with Crippen LogP contribution in [0.3, 0.4) is 0 Å². The number of rotatable bonds is 4. The van der Waals surface area contributed by atoms with Gasteiger partial charge >= 0.3 is 0 Å². The van der Waals surface area contributed by atoms with Gasteiger partial charge in [0.1, 0.15) is 0 Å². The number of hydrogen-bond donors (Lipinski definition) is 1. The highest BCUT2D eigenvalue weighted by atomic mass is 32.1. The molecule has 1 saturated heterocycles. The second kappa shape index (κ2) is 6.12. The van der Waals surface area contributed by atoms with Gasteiger partial charge in [-0.1, -0.05) is 0 Å². The van der Waals surface area contributed by atoms with E-state index in [4.69, 9.17) is 0 Å². The van der Waals surface area contributed by atoms with Gasteiger partial charge in [0.25, 0.3) is 0 Å². The van der Waals surface area contributed by atoms with E-state index >= 15 is 0 Å². The SMILES string of the molecule is CC(NC(C)c1cnc2ccsc2c1)C(=O)N1CCCC1. The van der Waals surface area contributed by atoms with E-state index in [9.17, 15) is 4.79 Å². The van der Waals surface area contributed by atoms with Crippen LogP contribution in [-0.2, 0) is 4.79 Å². The Hall–Kier alpha value is -1.46. The number of carbonyl (C=O) groups excluding carboxylic acids is 1. The first-order valence-corrected chi connectivity index (χ1v) is 8.41. The molecule has 2 aromatic rings. The first kappa shape index (κ1) is 14.5. The summed E-state index contributed by atoms with van der Waals surface area (Å²) in [6.45, 7) is 5.85. The molecule has 3 rings (SSSR count). The molecule has 1 fully saturated rings. The molecular formula is C16H21N3OS. The van der Waals surface area contributed by atoms with Crippen molar-refractivity contribution in [2.45, 2.75) is 38.8 Å². The number of nitrogens with zero attached hydrogens (tertiary/aromatic N) is 2. The molecule has 2 atom stereocenters. The van der Waals surface area contributed by atoms with Gasteiger partial charge in [-0.2, -0.15) is 0 Å². The highest BCUT2D eigenvalue weighted by Crippen LogP contribution is 2.23.